The van der Waals surface area contributed by atoms with E-state index in [0.29, 0.717) is 5.56 Å². The molecule has 0 radical (unpaired) electrons. The first-order valence-corrected chi connectivity index (χ1v) is 6.76. The zero-order valence-corrected chi connectivity index (χ0v) is 12.4. The Morgan fingerprint density at radius 2 is 1.96 bits per heavy atom. The van der Waals surface area contributed by atoms with Gasteiger partial charge in [-0.25, -0.2) is 28.1 Å². The highest BCUT2D eigenvalue weighted by Gasteiger charge is 2.14. The summed E-state index contributed by atoms with van der Waals surface area (Å²) in [5.41, 5.74) is 6.29. The van der Waals surface area contributed by atoms with Gasteiger partial charge in [-0.2, -0.15) is 5.10 Å². The number of nitrogens with zero attached hydrogens (tertiary/aromatic N) is 5. The van der Waals surface area contributed by atoms with Gasteiger partial charge in [-0.1, -0.05) is 0 Å². The summed E-state index contributed by atoms with van der Waals surface area (Å²) in [5, 5.41) is 6.59. The van der Waals surface area contributed by atoms with Crippen LogP contribution in [0.25, 0.3) is 11.1 Å². The standard InChI is InChI=1S/C14H12F3N7/c1-24-6-7(4-20-24)8-5-19-11(2-9(8)15)22-12-3-10(18)21-14(23-12)13(16)17/h2-6,13H,1H3,(H3,18,19,21,22,23). The van der Waals surface area contributed by atoms with Gasteiger partial charge in [0.1, 0.15) is 23.3 Å². The van der Waals surface area contributed by atoms with Gasteiger partial charge in [0.05, 0.1) is 6.20 Å². The highest BCUT2D eigenvalue weighted by molar-refractivity contribution is 5.64. The van der Waals surface area contributed by atoms with Crippen LogP contribution in [0.5, 0.6) is 0 Å². The lowest BCUT2D eigenvalue weighted by molar-refractivity contribution is 0.140. The molecular weight excluding hydrogens is 323 g/mol. The van der Waals surface area contributed by atoms with Crippen LogP contribution in [-0.4, -0.2) is 24.7 Å². The number of halogens is 3. The molecule has 3 rings (SSSR count). The second-order valence-corrected chi connectivity index (χ2v) is 4.91. The molecule has 0 aliphatic rings. The van der Waals surface area contributed by atoms with E-state index in [4.69, 9.17) is 5.73 Å². The maximum atomic E-state index is 14.2. The lowest BCUT2D eigenvalue weighted by atomic mass is 10.1. The molecular formula is C14H12F3N7. The van der Waals surface area contributed by atoms with Gasteiger partial charge in [0.25, 0.3) is 6.43 Å². The van der Waals surface area contributed by atoms with Crippen molar-refractivity contribution >= 4 is 17.5 Å². The van der Waals surface area contributed by atoms with Crippen molar-refractivity contribution in [3.8, 4) is 11.1 Å². The molecule has 0 aliphatic carbocycles. The Morgan fingerprint density at radius 3 is 2.58 bits per heavy atom. The van der Waals surface area contributed by atoms with Gasteiger partial charge in [0.15, 0.2) is 5.82 Å². The Morgan fingerprint density at radius 1 is 1.17 bits per heavy atom. The van der Waals surface area contributed by atoms with Crippen LogP contribution >= 0.6 is 0 Å². The largest absolute Gasteiger partial charge is 0.384 e. The minimum Gasteiger partial charge on any atom is -0.384 e. The third-order valence-corrected chi connectivity index (χ3v) is 3.08. The van der Waals surface area contributed by atoms with Gasteiger partial charge < -0.3 is 11.1 Å². The van der Waals surface area contributed by atoms with Crippen molar-refractivity contribution in [2.75, 3.05) is 11.1 Å². The van der Waals surface area contributed by atoms with Crippen LogP contribution in [0, 0.1) is 5.82 Å². The first-order valence-electron chi connectivity index (χ1n) is 6.76. The van der Waals surface area contributed by atoms with Crippen molar-refractivity contribution in [3.05, 3.63) is 42.4 Å². The number of nitrogen functional groups attached to an aromatic ring is 1. The zero-order chi connectivity index (χ0) is 17.3. The Kier molecular flexibility index (Phi) is 4.02. The second-order valence-electron chi connectivity index (χ2n) is 4.91. The molecule has 7 nitrogen and oxygen atoms in total. The van der Waals surface area contributed by atoms with Crippen LogP contribution in [-0.2, 0) is 7.05 Å². The van der Waals surface area contributed by atoms with Gasteiger partial charge in [-0.05, 0) is 0 Å². The molecule has 0 spiro atoms. The predicted molar refractivity (Wildman–Crippen MR) is 81.1 cm³/mol. The summed E-state index contributed by atoms with van der Waals surface area (Å²) in [7, 11) is 1.71. The van der Waals surface area contributed by atoms with E-state index in [1.54, 1.807) is 13.2 Å². The van der Waals surface area contributed by atoms with Crippen LogP contribution in [0.4, 0.5) is 30.6 Å². The molecule has 0 unspecified atom stereocenters. The van der Waals surface area contributed by atoms with Gasteiger partial charge in [-0.3, -0.25) is 4.68 Å². The highest BCUT2D eigenvalue weighted by Crippen LogP contribution is 2.25. The quantitative estimate of drug-likeness (QED) is 0.761. The maximum absolute atomic E-state index is 14.2. The van der Waals surface area contributed by atoms with Gasteiger partial charge >= 0.3 is 0 Å². The summed E-state index contributed by atoms with van der Waals surface area (Å²) in [5.74, 6) is -1.30. The summed E-state index contributed by atoms with van der Waals surface area (Å²) < 4.78 is 41.1. The molecule has 3 N–H and O–H groups in total. The van der Waals surface area contributed by atoms with Gasteiger partial charge in [-0.15, -0.1) is 0 Å². The van der Waals surface area contributed by atoms with Crippen LogP contribution in [0.2, 0.25) is 0 Å². The van der Waals surface area contributed by atoms with E-state index in [9.17, 15) is 13.2 Å². The summed E-state index contributed by atoms with van der Waals surface area (Å²) >= 11 is 0. The minimum absolute atomic E-state index is 0.00109. The summed E-state index contributed by atoms with van der Waals surface area (Å²) in [6.07, 6.45) is 1.60. The third kappa shape index (κ3) is 3.26. The average Bonchev–Trinajstić information content (AvgIpc) is 2.93. The molecule has 0 atom stereocenters. The molecule has 0 fully saturated rings. The number of aromatic nitrogens is 5. The van der Waals surface area contributed by atoms with Crippen LogP contribution in [0.15, 0.2) is 30.7 Å². The fraction of sp³-hybridized carbons (Fsp3) is 0.143. The Hall–Kier alpha value is -3.17. The normalized spacial score (nSPS) is 11.0. The molecule has 0 saturated heterocycles. The number of hydrogen-bond acceptors (Lipinski definition) is 6. The second kappa shape index (κ2) is 6.14. The smallest absolute Gasteiger partial charge is 0.297 e. The van der Waals surface area contributed by atoms with Gasteiger partial charge in [0.2, 0.25) is 0 Å². The Balaban J connectivity index is 1.88. The number of pyridine rings is 1. The van der Waals surface area contributed by atoms with Crippen molar-refractivity contribution < 1.29 is 13.2 Å². The average molecular weight is 335 g/mol. The Labute approximate surface area is 134 Å². The van der Waals surface area contributed by atoms with Crippen molar-refractivity contribution in [1.82, 2.24) is 24.7 Å². The monoisotopic (exact) mass is 335 g/mol. The summed E-state index contributed by atoms with van der Waals surface area (Å²) in [6.45, 7) is 0. The van der Waals surface area contributed by atoms with E-state index >= 15 is 0 Å². The molecule has 24 heavy (non-hydrogen) atoms. The fourth-order valence-electron chi connectivity index (χ4n) is 2.05. The van der Waals surface area contributed by atoms with Crippen LogP contribution < -0.4 is 11.1 Å². The molecule has 124 valence electrons. The zero-order valence-electron chi connectivity index (χ0n) is 12.4. The number of anilines is 3. The molecule has 0 amide bonds. The first-order chi connectivity index (χ1) is 11.4. The van der Waals surface area contributed by atoms with E-state index in [-0.39, 0.29) is 23.0 Å². The molecule has 0 aliphatic heterocycles. The van der Waals surface area contributed by atoms with Crippen LogP contribution in [0.3, 0.4) is 0 Å². The topological polar surface area (TPSA) is 94.5 Å². The summed E-state index contributed by atoms with van der Waals surface area (Å²) in [6, 6.07) is 2.38. The molecule has 3 aromatic rings. The SMILES string of the molecule is Cn1cc(-c2cnc(Nc3cc(N)nc(C(F)F)n3)cc2F)cn1. The van der Waals surface area contributed by atoms with E-state index < -0.39 is 18.1 Å². The van der Waals surface area contributed by atoms with Crippen LogP contribution in [0.1, 0.15) is 12.2 Å². The predicted octanol–water partition coefficient (Wildman–Crippen LogP) is 2.67. The number of alkyl halides is 2. The maximum Gasteiger partial charge on any atom is 0.297 e. The first kappa shape index (κ1) is 15.7. The molecule has 0 saturated carbocycles. The van der Waals surface area contributed by atoms with Crippen molar-refractivity contribution in [2.45, 2.75) is 6.43 Å². The molecule has 3 aromatic heterocycles. The van der Waals surface area contributed by atoms with E-state index in [2.05, 4.69) is 25.4 Å². The number of rotatable bonds is 4. The van der Waals surface area contributed by atoms with Gasteiger partial charge in [0, 0.05) is 42.7 Å². The molecule has 0 bridgehead atoms. The number of hydrogen-bond donors (Lipinski definition) is 2. The van der Waals surface area contributed by atoms with E-state index in [0.717, 1.165) is 6.07 Å². The number of nitrogens with two attached hydrogens (primary N) is 1. The number of nitrogens with one attached hydrogen (secondary N) is 1. The highest BCUT2D eigenvalue weighted by atomic mass is 19.3. The Bertz CT molecular complexity index is 879. The molecule has 10 heteroatoms. The lowest BCUT2D eigenvalue weighted by Crippen LogP contribution is -2.05. The van der Waals surface area contributed by atoms with Crippen molar-refractivity contribution in [2.24, 2.45) is 7.05 Å². The third-order valence-electron chi connectivity index (χ3n) is 3.08. The van der Waals surface area contributed by atoms with Crippen molar-refractivity contribution in [3.63, 3.8) is 0 Å². The van der Waals surface area contributed by atoms with E-state index in [1.807, 2.05) is 0 Å². The molecule has 0 aromatic carbocycles. The number of aryl methyl sites for hydroxylation is 1. The minimum atomic E-state index is -2.87. The fourth-order valence-corrected chi connectivity index (χ4v) is 2.05. The molecule has 3 heterocycles. The summed E-state index contributed by atoms with van der Waals surface area (Å²) in [4.78, 5) is 11.1. The van der Waals surface area contributed by atoms with E-state index in [1.165, 1.54) is 23.1 Å². The lowest BCUT2D eigenvalue weighted by Gasteiger charge is -2.08. The van der Waals surface area contributed by atoms with Crippen molar-refractivity contribution in [1.29, 1.82) is 0 Å².